The maximum atomic E-state index is 13.3. The van der Waals surface area contributed by atoms with Gasteiger partial charge in [-0.1, -0.05) is 19.1 Å². The largest absolute Gasteiger partial charge is 0.497 e. The minimum Gasteiger partial charge on any atom is -0.497 e. The molecule has 0 unspecified atom stereocenters. The van der Waals surface area contributed by atoms with Gasteiger partial charge in [0.1, 0.15) is 18.2 Å². The third-order valence-electron chi connectivity index (χ3n) is 5.76. The Labute approximate surface area is 197 Å². The standard InChI is InChI=1S/C26H25N3O5/c1-4-20-25(28(2)26(30)18-7-5-8-19(14-18)31-3)29-12-6-9-22(24(29)27-20)32-15-17-10-11-21-23(13-17)34-16-33-21/h5-14H,4,15-16H2,1-3H3. The summed E-state index contributed by atoms with van der Waals surface area (Å²) in [7, 11) is 3.34. The smallest absolute Gasteiger partial charge is 0.259 e. The van der Waals surface area contributed by atoms with Gasteiger partial charge in [-0.15, -0.1) is 0 Å². The van der Waals surface area contributed by atoms with E-state index in [1.165, 1.54) is 0 Å². The number of carbonyl (C=O) groups excluding carboxylic acids is 1. The van der Waals surface area contributed by atoms with Crippen LogP contribution in [0.2, 0.25) is 0 Å². The summed E-state index contributed by atoms with van der Waals surface area (Å²) in [5, 5.41) is 0. The monoisotopic (exact) mass is 459 g/mol. The number of aromatic nitrogens is 2. The molecular weight excluding hydrogens is 434 g/mol. The Morgan fingerprint density at radius 1 is 1.12 bits per heavy atom. The van der Waals surface area contributed by atoms with Gasteiger partial charge in [-0.2, -0.15) is 0 Å². The second-order valence-electron chi connectivity index (χ2n) is 7.87. The first-order valence-electron chi connectivity index (χ1n) is 11.0. The molecule has 0 radical (unpaired) electrons. The summed E-state index contributed by atoms with van der Waals surface area (Å²) in [5.41, 5.74) is 2.95. The van der Waals surface area contributed by atoms with Crippen molar-refractivity contribution in [1.82, 2.24) is 9.38 Å². The first-order valence-corrected chi connectivity index (χ1v) is 11.0. The molecule has 34 heavy (non-hydrogen) atoms. The number of imidazole rings is 1. The van der Waals surface area contributed by atoms with Crippen LogP contribution in [0.3, 0.4) is 0 Å². The van der Waals surface area contributed by atoms with Crippen LogP contribution in [0.25, 0.3) is 5.65 Å². The molecule has 3 heterocycles. The number of carbonyl (C=O) groups is 1. The minimum atomic E-state index is -0.151. The molecule has 2 aromatic carbocycles. The summed E-state index contributed by atoms with van der Waals surface area (Å²) >= 11 is 0. The number of hydrogen-bond acceptors (Lipinski definition) is 6. The molecule has 0 saturated heterocycles. The van der Waals surface area contributed by atoms with E-state index in [9.17, 15) is 4.79 Å². The second kappa shape index (κ2) is 8.97. The maximum absolute atomic E-state index is 13.3. The molecule has 174 valence electrons. The maximum Gasteiger partial charge on any atom is 0.259 e. The number of amides is 1. The van der Waals surface area contributed by atoms with Crippen LogP contribution < -0.4 is 23.8 Å². The lowest BCUT2D eigenvalue weighted by molar-refractivity contribution is 0.0991. The summed E-state index contributed by atoms with van der Waals surface area (Å²) in [6, 6.07) is 16.6. The number of aryl methyl sites for hydroxylation is 1. The highest BCUT2D eigenvalue weighted by molar-refractivity contribution is 6.06. The molecule has 0 aliphatic carbocycles. The summed E-state index contributed by atoms with van der Waals surface area (Å²) in [6.45, 7) is 2.60. The van der Waals surface area contributed by atoms with Crippen molar-refractivity contribution in [1.29, 1.82) is 0 Å². The van der Waals surface area contributed by atoms with E-state index < -0.39 is 0 Å². The van der Waals surface area contributed by atoms with Gasteiger partial charge in [0, 0.05) is 18.8 Å². The number of benzene rings is 2. The van der Waals surface area contributed by atoms with Crippen molar-refractivity contribution in [3.05, 3.63) is 77.6 Å². The van der Waals surface area contributed by atoms with Crippen LogP contribution in [0.4, 0.5) is 5.82 Å². The molecule has 0 spiro atoms. The topological polar surface area (TPSA) is 74.5 Å². The van der Waals surface area contributed by atoms with Gasteiger partial charge < -0.3 is 18.9 Å². The van der Waals surface area contributed by atoms with Crippen molar-refractivity contribution >= 4 is 17.4 Å². The molecule has 0 N–H and O–H groups in total. The first kappa shape index (κ1) is 21.6. The van der Waals surface area contributed by atoms with E-state index >= 15 is 0 Å². The van der Waals surface area contributed by atoms with Crippen molar-refractivity contribution in [2.24, 2.45) is 0 Å². The highest BCUT2D eigenvalue weighted by atomic mass is 16.7. The Morgan fingerprint density at radius 2 is 1.97 bits per heavy atom. The van der Waals surface area contributed by atoms with Crippen LogP contribution in [0.5, 0.6) is 23.0 Å². The fraction of sp³-hybridized carbons (Fsp3) is 0.231. The fourth-order valence-electron chi connectivity index (χ4n) is 4.02. The number of ether oxygens (including phenoxy) is 4. The fourth-order valence-corrected chi connectivity index (χ4v) is 4.02. The van der Waals surface area contributed by atoms with E-state index in [0.717, 1.165) is 17.0 Å². The SMILES string of the molecule is CCc1nc2c(OCc3ccc4c(c3)OCO4)cccn2c1N(C)C(=O)c1cccc(OC)c1. The number of anilines is 1. The molecule has 1 amide bonds. The zero-order chi connectivity index (χ0) is 23.7. The number of fused-ring (bicyclic) bond motifs is 2. The Balaban J connectivity index is 1.45. The van der Waals surface area contributed by atoms with Crippen molar-refractivity contribution in [2.75, 3.05) is 25.9 Å². The van der Waals surface area contributed by atoms with Crippen LogP contribution in [0.15, 0.2) is 60.8 Å². The summed E-state index contributed by atoms with van der Waals surface area (Å²) in [6.07, 6.45) is 2.55. The second-order valence-corrected chi connectivity index (χ2v) is 7.87. The zero-order valence-corrected chi connectivity index (χ0v) is 19.3. The third-order valence-corrected chi connectivity index (χ3v) is 5.76. The molecule has 8 nitrogen and oxygen atoms in total. The minimum absolute atomic E-state index is 0.151. The predicted molar refractivity (Wildman–Crippen MR) is 127 cm³/mol. The molecule has 0 fully saturated rings. The van der Waals surface area contributed by atoms with Crippen LogP contribution in [0, 0.1) is 0 Å². The van der Waals surface area contributed by atoms with Crippen molar-refractivity contribution in [3.8, 4) is 23.0 Å². The third kappa shape index (κ3) is 3.87. The van der Waals surface area contributed by atoms with E-state index in [2.05, 4.69) is 0 Å². The molecule has 0 saturated carbocycles. The van der Waals surface area contributed by atoms with Gasteiger partial charge in [0.25, 0.3) is 5.91 Å². The molecule has 8 heteroatoms. The number of nitrogens with zero attached hydrogens (tertiary/aromatic N) is 3. The van der Waals surface area contributed by atoms with Gasteiger partial charge in [0.15, 0.2) is 22.9 Å². The summed E-state index contributed by atoms with van der Waals surface area (Å²) in [4.78, 5) is 19.7. The average Bonchev–Trinajstić information content (AvgIpc) is 3.50. The van der Waals surface area contributed by atoms with Crippen molar-refractivity contribution in [2.45, 2.75) is 20.0 Å². The molecule has 5 rings (SSSR count). The van der Waals surface area contributed by atoms with Crippen LogP contribution in [-0.2, 0) is 13.0 Å². The Morgan fingerprint density at radius 3 is 2.79 bits per heavy atom. The van der Waals surface area contributed by atoms with Crippen molar-refractivity contribution < 1.29 is 23.7 Å². The molecule has 1 aliphatic rings. The summed E-state index contributed by atoms with van der Waals surface area (Å²) in [5.74, 6) is 3.27. The normalized spacial score (nSPS) is 12.1. The highest BCUT2D eigenvalue weighted by Crippen LogP contribution is 2.33. The van der Waals surface area contributed by atoms with E-state index in [4.69, 9.17) is 23.9 Å². The number of pyridine rings is 1. The molecule has 1 aliphatic heterocycles. The van der Waals surface area contributed by atoms with Gasteiger partial charge in [-0.25, -0.2) is 4.98 Å². The van der Waals surface area contributed by atoms with E-state index in [0.29, 0.717) is 47.3 Å². The number of hydrogen-bond donors (Lipinski definition) is 0. The van der Waals surface area contributed by atoms with Gasteiger partial charge in [-0.05, 0) is 54.4 Å². The zero-order valence-electron chi connectivity index (χ0n) is 19.3. The molecular formula is C26H25N3O5. The van der Waals surface area contributed by atoms with Crippen LogP contribution >= 0.6 is 0 Å². The summed E-state index contributed by atoms with van der Waals surface area (Å²) < 4.78 is 24.1. The lowest BCUT2D eigenvalue weighted by Crippen LogP contribution is -2.28. The van der Waals surface area contributed by atoms with Gasteiger partial charge in [0.2, 0.25) is 6.79 Å². The van der Waals surface area contributed by atoms with E-state index in [-0.39, 0.29) is 12.7 Å². The molecule has 0 atom stereocenters. The van der Waals surface area contributed by atoms with E-state index in [1.807, 2.05) is 53.9 Å². The number of rotatable bonds is 7. The highest BCUT2D eigenvalue weighted by Gasteiger charge is 2.23. The Kier molecular flexibility index (Phi) is 5.71. The first-order chi connectivity index (χ1) is 16.6. The lowest BCUT2D eigenvalue weighted by Gasteiger charge is -2.19. The van der Waals surface area contributed by atoms with Crippen LogP contribution in [-0.4, -0.2) is 36.2 Å². The lowest BCUT2D eigenvalue weighted by atomic mass is 10.2. The van der Waals surface area contributed by atoms with Crippen molar-refractivity contribution in [3.63, 3.8) is 0 Å². The average molecular weight is 460 g/mol. The quantitative estimate of drug-likeness (QED) is 0.405. The van der Waals surface area contributed by atoms with E-state index in [1.54, 1.807) is 37.3 Å². The van der Waals surface area contributed by atoms with Gasteiger partial charge >= 0.3 is 0 Å². The molecule has 4 aromatic rings. The molecule has 0 bridgehead atoms. The molecule has 2 aromatic heterocycles. The predicted octanol–water partition coefficient (Wildman–Crippen LogP) is 4.49. The van der Waals surface area contributed by atoms with Crippen LogP contribution in [0.1, 0.15) is 28.5 Å². The number of methoxy groups -OCH3 is 1. The Hall–Kier alpha value is -4.20. The van der Waals surface area contributed by atoms with Gasteiger partial charge in [-0.3, -0.25) is 14.1 Å². The Bertz CT molecular complexity index is 1360. The van der Waals surface area contributed by atoms with Gasteiger partial charge in [0.05, 0.1) is 12.8 Å².